The van der Waals surface area contributed by atoms with Gasteiger partial charge in [-0.1, -0.05) is 13.8 Å². The number of thiazole rings is 1. The number of amides is 1. The summed E-state index contributed by atoms with van der Waals surface area (Å²) < 4.78 is 2.23. The zero-order valence-corrected chi connectivity index (χ0v) is 18.0. The highest BCUT2D eigenvalue weighted by atomic mass is 32.1. The molecule has 0 aliphatic rings. The summed E-state index contributed by atoms with van der Waals surface area (Å²) in [6, 6.07) is 4.07. The van der Waals surface area contributed by atoms with Gasteiger partial charge in [-0.3, -0.25) is 4.79 Å². The molecule has 0 fully saturated rings. The number of aromatic nitrogens is 2. The number of nitriles is 1. The summed E-state index contributed by atoms with van der Waals surface area (Å²) >= 11 is 1.50. The SMILES string of the molecule is Cc1csc(C(C)(C)NC(=O)/C(C#N)=C\c2cc(C)n(CC(C)C)c2C)n1. The van der Waals surface area contributed by atoms with Crippen molar-refractivity contribution >= 4 is 23.3 Å². The minimum atomic E-state index is -0.638. The van der Waals surface area contributed by atoms with Gasteiger partial charge in [0.05, 0.1) is 5.54 Å². The van der Waals surface area contributed by atoms with E-state index in [-0.39, 0.29) is 11.5 Å². The Morgan fingerprint density at radius 3 is 2.59 bits per heavy atom. The zero-order valence-electron chi connectivity index (χ0n) is 17.2. The molecule has 0 spiro atoms. The summed E-state index contributed by atoms with van der Waals surface area (Å²) in [5, 5.41) is 15.3. The molecule has 0 unspecified atom stereocenters. The maximum Gasteiger partial charge on any atom is 0.262 e. The molecule has 2 heterocycles. The molecule has 2 rings (SSSR count). The molecule has 0 bridgehead atoms. The van der Waals surface area contributed by atoms with Gasteiger partial charge in [-0.2, -0.15) is 5.26 Å². The number of nitrogens with zero attached hydrogens (tertiary/aromatic N) is 3. The molecule has 0 aromatic carbocycles. The van der Waals surface area contributed by atoms with Crippen LogP contribution >= 0.6 is 11.3 Å². The molecule has 2 aromatic heterocycles. The van der Waals surface area contributed by atoms with Crippen LogP contribution in [-0.4, -0.2) is 15.5 Å². The number of aryl methyl sites for hydroxylation is 2. The Labute approximate surface area is 165 Å². The molecule has 0 atom stereocenters. The molecular formula is C21H28N4OS. The van der Waals surface area contributed by atoms with Gasteiger partial charge in [-0.05, 0) is 58.2 Å². The summed E-state index contributed by atoms with van der Waals surface area (Å²) in [5.41, 5.74) is 3.48. The Balaban J connectivity index is 2.28. The fourth-order valence-corrected chi connectivity index (χ4v) is 3.85. The van der Waals surface area contributed by atoms with Crippen LogP contribution in [-0.2, 0) is 16.9 Å². The Kier molecular flexibility index (Phi) is 6.27. The van der Waals surface area contributed by atoms with Crippen molar-refractivity contribution in [2.24, 2.45) is 5.92 Å². The second-order valence-corrected chi connectivity index (χ2v) is 8.73. The van der Waals surface area contributed by atoms with Crippen LogP contribution in [0.25, 0.3) is 6.08 Å². The highest BCUT2D eigenvalue weighted by molar-refractivity contribution is 7.09. The number of carbonyl (C=O) groups excluding carboxylic acids is 1. The second-order valence-electron chi connectivity index (χ2n) is 7.87. The summed E-state index contributed by atoms with van der Waals surface area (Å²) in [5.74, 6) is 0.136. The zero-order chi connectivity index (χ0) is 20.4. The van der Waals surface area contributed by atoms with Crippen molar-refractivity contribution in [1.29, 1.82) is 5.26 Å². The lowest BCUT2D eigenvalue weighted by atomic mass is 10.0. The summed E-state index contributed by atoms with van der Waals surface area (Å²) in [7, 11) is 0. The van der Waals surface area contributed by atoms with Crippen molar-refractivity contribution in [1.82, 2.24) is 14.9 Å². The minimum absolute atomic E-state index is 0.0983. The van der Waals surface area contributed by atoms with E-state index in [1.165, 1.54) is 11.3 Å². The van der Waals surface area contributed by atoms with Crippen LogP contribution in [0.5, 0.6) is 0 Å². The van der Waals surface area contributed by atoms with Crippen molar-refractivity contribution in [3.8, 4) is 6.07 Å². The van der Waals surface area contributed by atoms with Crippen molar-refractivity contribution in [3.63, 3.8) is 0 Å². The van der Waals surface area contributed by atoms with Gasteiger partial charge in [-0.25, -0.2) is 4.98 Å². The number of hydrogen-bond donors (Lipinski definition) is 1. The number of nitrogens with one attached hydrogen (secondary N) is 1. The first-order valence-corrected chi connectivity index (χ1v) is 9.96. The smallest absolute Gasteiger partial charge is 0.262 e. The van der Waals surface area contributed by atoms with Crippen LogP contribution in [0.4, 0.5) is 0 Å². The third-order valence-electron chi connectivity index (χ3n) is 4.41. The van der Waals surface area contributed by atoms with Crippen molar-refractivity contribution < 1.29 is 4.79 Å². The molecule has 2 aromatic rings. The van der Waals surface area contributed by atoms with Gasteiger partial charge < -0.3 is 9.88 Å². The lowest BCUT2D eigenvalue weighted by Crippen LogP contribution is -2.41. The molecule has 0 saturated heterocycles. The van der Waals surface area contributed by atoms with E-state index in [9.17, 15) is 10.1 Å². The van der Waals surface area contributed by atoms with Crippen LogP contribution in [0.1, 0.15) is 55.3 Å². The Morgan fingerprint density at radius 2 is 2.07 bits per heavy atom. The molecule has 1 N–H and O–H groups in total. The first-order chi connectivity index (χ1) is 12.5. The van der Waals surface area contributed by atoms with Crippen molar-refractivity contribution in [3.05, 3.63) is 44.7 Å². The summed E-state index contributed by atoms with van der Waals surface area (Å²) in [6.07, 6.45) is 1.68. The van der Waals surface area contributed by atoms with Gasteiger partial charge in [0.25, 0.3) is 5.91 Å². The van der Waals surface area contributed by atoms with Crippen molar-refractivity contribution in [2.75, 3.05) is 0 Å². The van der Waals surface area contributed by atoms with Crippen LogP contribution in [0.15, 0.2) is 17.0 Å². The van der Waals surface area contributed by atoms with Gasteiger partial charge >= 0.3 is 0 Å². The lowest BCUT2D eigenvalue weighted by Gasteiger charge is -2.23. The minimum Gasteiger partial charge on any atom is -0.348 e. The molecule has 0 saturated carbocycles. The Morgan fingerprint density at radius 1 is 1.41 bits per heavy atom. The lowest BCUT2D eigenvalue weighted by molar-refractivity contribution is -0.118. The van der Waals surface area contributed by atoms with E-state index in [1.54, 1.807) is 6.08 Å². The molecule has 6 heteroatoms. The van der Waals surface area contributed by atoms with Gasteiger partial charge in [0, 0.05) is 29.0 Å². The van der Waals surface area contributed by atoms with E-state index in [0.29, 0.717) is 5.92 Å². The molecule has 0 radical (unpaired) electrons. The average molecular weight is 385 g/mol. The number of carbonyl (C=O) groups is 1. The molecule has 0 aliphatic heterocycles. The van der Waals surface area contributed by atoms with Crippen molar-refractivity contribution in [2.45, 2.75) is 60.5 Å². The maximum absolute atomic E-state index is 12.7. The third kappa shape index (κ3) is 4.86. The van der Waals surface area contributed by atoms with E-state index >= 15 is 0 Å². The second kappa shape index (κ2) is 8.10. The van der Waals surface area contributed by atoms with Crippen LogP contribution in [0.2, 0.25) is 0 Å². The summed E-state index contributed by atoms with van der Waals surface area (Å²) in [4.78, 5) is 17.2. The first kappa shape index (κ1) is 20.9. The normalized spacial score (nSPS) is 12.3. The largest absolute Gasteiger partial charge is 0.348 e. The van der Waals surface area contributed by atoms with E-state index in [1.807, 2.05) is 52.1 Å². The van der Waals surface area contributed by atoms with Gasteiger partial charge in [-0.15, -0.1) is 11.3 Å². The Hall–Kier alpha value is -2.39. The predicted molar refractivity (Wildman–Crippen MR) is 110 cm³/mol. The average Bonchev–Trinajstić information content (AvgIpc) is 3.11. The van der Waals surface area contributed by atoms with Crippen LogP contribution in [0, 0.1) is 38.0 Å². The molecule has 144 valence electrons. The topological polar surface area (TPSA) is 70.7 Å². The Bertz CT molecular complexity index is 909. The fourth-order valence-electron chi connectivity index (χ4n) is 2.97. The van der Waals surface area contributed by atoms with E-state index in [4.69, 9.17) is 0 Å². The van der Waals surface area contributed by atoms with Crippen LogP contribution in [0.3, 0.4) is 0 Å². The van der Waals surface area contributed by atoms with E-state index in [2.05, 4.69) is 28.7 Å². The number of hydrogen-bond acceptors (Lipinski definition) is 4. The summed E-state index contributed by atoms with van der Waals surface area (Å²) in [6.45, 7) is 15.0. The quantitative estimate of drug-likeness (QED) is 0.589. The first-order valence-electron chi connectivity index (χ1n) is 9.08. The maximum atomic E-state index is 12.7. The van der Waals surface area contributed by atoms with Crippen LogP contribution < -0.4 is 5.32 Å². The van der Waals surface area contributed by atoms with Gasteiger partial charge in [0.1, 0.15) is 16.6 Å². The molecule has 27 heavy (non-hydrogen) atoms. The van der Waals surface area contributed by atoms with E-state index < -0.39 is 5.54 Å². The highest BCUT2D eigenvalue weighted by Crippen LogP contribution is 2.25. The number of rotatable bonds is 6. The monoisotopic (exact) mass is 384 g/mol. The third-order valence-corrected chi connectivity index (χ3v) is 5.69. The molecule has 0 aliphatic carbocycles. The van der Waals surface area contributed by atoms with Gasteiger partial charge in [0.15, 0.2) is 0 Å². The predicted octanol–water partition coefficient (Wildman–Crippen LogP) is 4.48. The highest BCUT2D eigenvalue weighted by Gasteiger charge is 2.27. The van der Waals surface area contributed by atoms with Gasteiger partial charge in [0.2, 0.25) is 0 Å². The fraction of sp³-hybridized carbons (Fsp3) is 0.476. The molecule has 1 amide bonds. The molecular weight excluding hydrogens is 356 g/mol. The standard InChI is InChI=1S/C21H28N4OS/c1-13(2)11-25-15(4)8-17(16(25)5)9-18(10-22)19(26)24-21(6,7)20-23-14(3)12-27-20/h8-9,12-13H,11H2,1-7H3,(H,24,26)/b18-9-. The van der Waals surface area contributed by atoms with E-state index in [0.717, 1.165) is 34.2 Å². The molecule has 5 nitrogen and oxygen atoms in total.